The fourth-order valence-electron chi connectivity index (χ4n) is 1.95. The second-order valence-corrected chi connectivity index (χ2v) is 6.34. The van der Waals surface area contributed by atoms with Crippen LogP contribution in [0.25, 0.3) is 0 Å². The Morgan fingerprint density at radius 1 is 0.952 bits per heavy atom. The van der Waals surface area contributed by atoms with Crippen LogP contribution in [-0.4, -0.2) is 18.2 Å². The van der Waals surface area contributed by atoms with Crippen molar-refractivity contribution >= 4 is 17.7 Å². The summed E-state index contributed by atoms with van der Waals surface area (Å²) in [6, 6.07) is 16.6. The lowest BCUT2D eigenvalue weighted by molar-refractivity contribution is -0.120. The molecule has 110 valence electrons. The van der Waals surface area contributed by atoms with Crippen molar-refractivity contribution in [2.75, 3.05) is 12.3 Å². The third-order valence-corrected chi connectivity index (χ3v) is 4.21. The summed E-state index contributed by atoms with van der Waals surface area (Å²) >= 11 is 1.76. The average Bonchev–Trinajstić information content (AvgIpc) is 2.48. The molecule has 0 radical (unpaired) electrons. The second kappa shape index (κ2) is 7.89. The van der Waals surface area contributed by atoms with Crippen molar-refractivity contribution in [1.29, 1.82) is 0 Å². The molecule has 0 fully saturated rings. The van der Waals surface area contributed by atoms with Crippen LogP contribution < -0.4 is 5.32 Å². The van der Waals surface area contributed by atoms with E-state index in [-0.39, 0.29) is 5.91 Å². The Balaban J connectivity index is 1.67. The lowest BCUT2D eigenvalue weighted by Gasteiger charge is -2.06. The molecule has 2 nitrogen and oxygen atoms in total. The van der Waals surface area contributed by atoms with E-state index in [0.29, 0.717) is 13.0 Å². The first-order valence-corrected chi connectivity index (χ1v) is 8.14. The molecule has 0 aliphatic carbocycles. The predicted octanol–water partition coefficient (Wildman–Crippen LogP) is 3.75. The van der Waals surface area contributed by atoms with Crippen LogP contribution in [0.5, 0.6) is 0 Å². The van der Waals surface area contributed by atoms with Gasteiger partial charge < -0.3 is 5.32 Å². The number of nitrogens with one attached hydrogen (secondary N) is 1. The number of rotatable bonds is 6. The van der Waals surface area contributed by atoms with Crippen LogP contribution in [0.4, 0.5) is 0 Å². The van der Waals surface area contributed by atoms with Crippen LogP contribution in [-0.2, 0) is 11.2 Å². The fourth-order valence-corrected chi connectivity index (χ4v) is 2.72. The maximum Gasteiger partial charge on any atom is 0.224 e. The molecule has 0 bridgehead atoms. The fraction of sp³-hybridized carbons (Fsp3) is 0.278. The third kappa shape index (κ3) is 5.64. The monoisotopic (exact) mass is 299 g/mol. The Labute approximate surface area is 131 Å². The Bertz CT molecular complexity index is 575. The van der Waals surface area contributed by atoms with Gasteiger partial charge in [0.05, 0.1) is 6.42 Å². The maximum absolute atomic E-state index is 11.8. The number of benzene rings is 2. The van der Waals surface area contributed by atoms with Crippen LogP contribution in [0.3, 0.4) is 0 Å². The number of thioether (sulfide) groups is 1. The second-order valence-electron chi connectivity index (χ2n) is 5.17. The number of hydrogen-bond donors (Lipinski definition) is 1. The molecule has 0 saturated carbocycles. The average molecular weight is 299 g/mol. The predicted molar refractivity (Wildman–Crippen MR) is 89.8 cm³/mol. The van der Waals surface area contributed by atoms with Gasteiger partial charge in [-0.3, -0.25) is 4.79 Å². The summed E-state index contributed by atoms with van der Waals surface area (Å²) < 4.78 is 0. The third-order valence-electron chi connectivity index (χ3n) is 3.20. The number of amides is 1. The number of carbonyl (C=O) groups is 1. The molecular weight excluding hydrogens is 278 g/mol. The Morgan fingerprint density at radius 3 is 2.14 bits per heavy atom. The Hall–Kier alpha value is -1.74. The van der Waals surface area contributed by atoms with E-state index in [1.165, 1.54) is 16.0 Å². The molecule has 2 aromatic rings. The first-order valence-electron chi connectivity index (χ1n) is 7.15. The van der Waals surface area contributed by atoms with Gasteiger partial charge in [0, 0.05) is 17.2 Å². The molecule has 0 unspecified atom stereocenters. The summed E-state index contributed by atoms with van der Waals surface area (Å²) in [7, 11) is 0. The molecule has 3 heteroatoms. The van der Waals surface area contributed by atoms with Crippen LogP contribution in [0.15, 0.2) is 53.4 Å². The molecule has 0 aromatic heterocycles. The minimum Gasteiger partial charge on any atom is -0.355 e. The number of carbonyl (C=O) groups excluding carboxylic acids is 1. The van der Waals surface area contributed by atoms with Crippen LogP contribution in [0.1, 0.15) is 16.7 Å². The zero-order valence-electron chi connectivity index (χ0n) is 12.6. The van der Waals surface area contributed by atoms with Gasteiger partial charge in [0.1, 0.15) is 0 Å². The van der Waals surface area contributed by atoms with Crippen molar-refractivity contribution in [3.8, 4) is 0 Å². The topological polar surface area (TPSA) is 29.1 Å². The summed E-state index contributed by atoms with van der Waals surface area (Å²) in [6.07, 6.45) is 0.454. The summed E-state index contributed by atoms with van der Waals surface area (Å²) in [5.74, 6) is 0.978. The zero-order chi connectivity index (χ0) is 15.1. The van der Waals surface area contributed by atoms with E-state index in [1.54, 1.807) is 11.8 Å². The minimum absolute atomic E-state index is 0.0864. The molecule has 1 N–H and O–H groups in total. The van der Waals surface area contributed by atoms with E-state index < -0.39 is 0 Å². The van der Waals surface area contributed by atoms with Gasteiger partial charge in [-0.1, -0.05) is 47.5 Å². The van der Waals surface area contributed by atoms with Crippen molar-refractivity contribution in [2.24, 2.45) is 0 Å². The van der Waals surface area contributed by atoms with Crippen molar-refractivity contribution in [3.63, 3.8) is 0 Å². The van der Waals surface area contributed by atoms with Gasteiger partial charge in [0.25, 0.3) is 0 Å². The molecule has 21 heavy (non-hydrogen) atoms. The van der Waals surface area contributed by atoms with Gasteiger partial charge >= 0.3 is 0 Å². The first kappa shape index (κ1) is 15.6. The summed E-state index contributed by atoms with van der Waals surface area (Å²) in [4.78, 5) is 13.1. The molecular formula is C18H21NOS. The number of aryl methyl sites for hydroxylation is 2. The minimum atomic E-state index is 0.0864. The Kier molecular flexibility index (Phi) is 5.88. The summed E-state index contributed by atoms with van der Waals surface area (Å²) in [5.41, 5.74) is 3.55. The molecule has 0 atom stereocenters. The van der Waals surface area contributed by atoms with Gasteiger partial charge in [-0.2, -0.15) is 0 Å². The molecule has 1 amide bonds. The summed E-state index contributed by atoms with van der Waals surface area (Å²) in [6.45, 7) is 4.83. The van der Waals surface area contributed by atoms with Gasteiger partial charge in [-0.05, 0) is 31.5 Å². The highest BCUT2D eigenvalue weighted by Gasteiger charge is 2.02. The lowest BCUT2D eigenvalue weighted by Crippen LogP contribution is -2.27. The SMILES string of the molecule is Cc1ccc(CC(=O)NCCSc2ccc(C)cc2)cc1. The summed E-state index contributed by atoms with van der Waals surface area (Å²) in [5, 5.41) is 2.97. The van der Waals surface area contributed by atoms with E-state index in [1.807, 2.05) is 31.2 Å². The largest absolute Gasteiger partial charge is 0.355 e. The van der Waals surface area contributed by atoms with Crippen LogP contribution in [0, 0.1) is 13.8 Å². The molecule has 2 aromatic carbocycles. The smallest absolute Gasteiger partial charge is 0.224 e. The first-order chi connectivity index (χ1) is 10.1. The van der Waals surface area contributed by atoms with E-state index >= 15 is 0 Å². The normalized spacial score (nSPS) is 10.4. The van der Waals surface area contributed by atoms with Gasteiger partial charge in [-0.15, -0.1) is 11.8 Å². The van der Waals surface area contributed by atoms with E-state index in [4.69, 9.17) is 0 Å². The molecule has 0 heterocycles. The standard InChI is InChI=1S/C18H21NOS/c1-14-3-7-16(8-4-14)13-18(20)19-11-12-21-17-9-5-15(2)6-10-17/h3-10H,11-13H2,1-2H3,(H,19,20). The zero-order valence-corrected chi connectivity index (χ0v) is 13.4. The van der Waals surface area contributed by atoms with Crippen LogP contribution in [0.2, 0.25) is 0 Å². The molecule has 0 aliphatic heterocycles. The maximum atomic E-state index is 11.8. The highest BCUT2D eigenvalue weighted by molar-refractivity contribution is 7.99. The lowest BCUT2D eigenvalue weighted by atomic mass is 10.1. The molecule has 2 rings (SSSR count). The van der Waals surface area contributed by atoms with Gasteiger partial charge in [0.15, 0.2) is 0 Å². The van der Waals surface area contributed by atoms with E-state index in [2.05, 4.69) is 36.5 Å². The molecule has 0 aliphatic rings. The van der Waals surface area contributed by atoms with E-state index in [9.17, 15) is 4.79 Å². The Morgan fingerprint density at radius 2 is 1.52 bits per heavy atom. The van der Waals surface area contributed by atoms with Crippen molar-refractivity contribution < 1.29 is 4.79 Å². The van der Waals surface area contributed by atoms with Gasteiger partial charge in [-0.25, -0.2) is 0 Å². The molecule has 0 saturated heterocycles. The van der Waals surface area contributed by atoms with Crippen molar-refractivity contribution in [1.82, 2.24) is 5.32 Å². The van der Waals surface area contributed by atoms with Crippen molar-refractivity contribution in [3.05, 3.63) is 65.2 Å². The molecule has 0 spiro atoms. The van der Waals surface area contributed by atoms with Crippen LogP contribution >= 0.6 is 11.8 Å². The quantitative estimate of drug-likeness (QED) is 0.650. The number of hydrogen-bond acceptors (Lipinski definition) is 2. The highest BCUT2D eigenvalue weighted by atomic mass is 32.2. The van der Waals surface area contributed by atoms with E-state index in [0.717, 1.165) is 11.3 Å². The highest BCUT2D eigenvalue weighted by Crippen LogP contribution is 2.17. The van der Waals surface area contributed by atoms with Gasteiger partial charge in [0.2, 0.25) is 5.91 Å². The van der Waals surface area contributed by atoms with Crippen molar-refractivity contribution in [2.45, 2.75) is 25.2 Å².